The molecule has 2 aromatic heterocycles. The van der Waals surface area contributed by atoms with Crippen molar-refractivity contribution in [3.8, 4) is 0 Å². The molecule has 0 fully saturated rings. The number of H-pyrrole nitrogens is 1. The molecule has 3 rings (SSSR count). The van der Waals surface area contributed by atoms with Crippen LogP contribution in [0.5, 0.6) is 0 Å². The van der Waals surface area contributed by atoms with Crippen LogP contribution in [0.25, 0.3) is 11.2 Å². The summed E-state index contributed by atoms with van der Waals surface area (Å²) >= 11 is 11.0. The van der Waals surface area contributed by atoms with E-state index in [1.807, 2.05) is 0 Å². The molecule has 2 heterocycles. The lowest BCUT2D eigenvalue weighted by atomic mass is 10.2. The Hall–Kier alpha value is -1.79. The van der Waals surface area contributed by atoms with Gasteiger partial charge in [-0.3, -0.25) is 4.57 Å². The van der Waals surface area contributed by atoms with E-state index < -0.39 is 11.6 Å². The third kappa shape index (κ3) is 2.32. The van der Waals surface area contributed by atoms with E-state index in [9.17, 15) is 8.78 Å². The molecule has 0 aliphatic rings. The molecule has 3 nitrogen and oxygen atoms in total. The van der Waals surface area contributed by atoms with Crippen molar-refractivity contribution in [3.63, 3.8) is 0 Å². The summed E-state index contributed by atoms with van der Waals surface area (Å²) in [4.78, 5) is 7.13. The lowest BCUT2D eigenvalue weighted by molar-refractivity contribution is 0.566. The minimum absolute atomic E-state index is 0.166. The van der Waals surface area contributed by atoms with Crippen LogP contribution in [0.1, 0.15) is 5.56 Å². The number of nitrogens with zero attached hydrogens (tertiary/aromatic N) is 2. The number of imidazole rings is 1. The molecule has 0 aliphatic carbocycles. The standard InChI is InChI=1S/C13H8ClF2N3S/c14-8-3-11-12(17-5-8)19(13(20)18-11)6-7-1-2-9(15)4-10(7)16/h1-5H,6H2,(H,18,20). The Morgan fingerprint density at radius 3 is 2.85 bits per heavy atom. The van der Waals surface area contributed by atoms with E-state index in [0.717, 1.165) is 6.07 Å². The summed E-state index contributed by atoms with van der Waals surface area (Å²) in [7, 11) is 0. The number of benzene rings is 1. The summed E-state index contributed by atoms with van der Waals surface area (Å²) in [6.45, 7) is 0.166. The number of rotatable bonds is 2. The monoisotopic (exact) mass is 311 g/mol. The van der Waals surface area contributed by atoms with Crippen LogP contribution in [-0.2, 0) is 6.54 Å². The fourth-order valence-corrected chi connectivity index (χ4v) is 2.40. The van der Waals surface area contributed by atoms with Crippen LogP contribution in [0.4, 0.5) is 8.78 Å². The number of hydrogen-bond acceptors (Lipinski definition) is 2. The smallest absolute Gasteiger partial charge is 0.179 e. The normalized spacial score (nSPS) is 11.2. The van der Waals surface area contributed by atoms with Gasteiger partial charge in [0.25, 0.3) is 0 Å². The second-order valence-electron chi connectivity index (χ2n) is 4.28. The fourth-order valence-electron chi connectivity index (χ4n) is 1.98. The number of nitrogens with one attached hydrogen (secondary N) is 1. The number of halogens is 3. The molecule has 20 heavy (non-hydrogen) atoms. The maximum atomic E-state index is 13.7. The third-order valence-corrected chi connectivity index (χ3v) is 3.45. The van der Waals surface area contributed by atoms with Crippen molar-refractivity contribution in [2.45, 2.75) is 6.54 Å². The summed E-state index contributed by atoms with van der Waals surface area (Å²) in [5.74, 6) is -1.23. The number of pyridine rings is 1. The van der Waals surface area contributed by atoms with Crippen molar-refractivity contribution >= 4 is 35.0 Å². The van der Waals surface area contributed by atoms with Crippen LogP contribution in [0.3, 0.4) is 0 Å². The van der Waals surface area contributed by atoms with Gasteiger partial charge in [0.05, 0.1) is 17.1 Å². The van der Waals surface area contributed by atoms with E-state index in [1.165, 1.54) is 18.3 Å². The van der Waals surface area contributed by atoms with Crippen LogP contribution < -0.4 is 0 Å². The van der Waals surface area contributed by atoms with E-state index in [0.29, 0.717) is 26.5 Å². The van der Waals surface area contributed by atoms with Gasteiger partial charge in [0.15, 0.2) is 10.4 Å². The van der Waals surface area contributed by atoms with Gasteiger partial charge < -0.3 is 4.98 Å². The SMILES string of the molecule is Fc1ccc(Cn2c(=S)[nH]c3cc(Cl)cnc32)c(F)c1. The van der Waals surface area contributed by atoms with Gasteiger partial charge in [-0.2, -0.15) is 0 Å². The average Bonchev–Trinajstić information content (AvgIpc) is 2.68. The summed E-state index contributed by atoms with van der Waals surface area (Å²) in [5.41, 5.74) is 1.58. The van der Waals surface area contributed by atoms with Crippen molar-refractivity contribution in [2.24, 2.45) is 0 Å². The van der Waals surface area contributed by atoms with Gasteiger partial charge in [0, 0.05) is 17.8 Å². The second-order valence-corrected chi connectivity index (χ2v) is 5.10. The first-order chi connectivity index (χ1) is 9.54. The minimum atomic E-state index is -0.616. The maximum Gasteiger partial charge on any atom is 0.179 e. The van der Waals surface area contributed by atoms with Crippen molar-refractivity contribution in [1.82, 2.24) is 14.5 Å². The molecule has 102 valence electrons. The lowest BCUT2D eigenvalue weighted by Crippen LogP contribution is -2.03. The molecular weight excluding hydrogens is 304 g/mol. The fraction of sp³-hybridized carbons (Fsp3) is 0.0769. The average molecular weight is 312 g/mol. The molecule has 0 unspecified atom stereocenters. The number of hydrogen-bond donors (Lipinski definition) is 1. The Morgan fingerprint density at radius 1 is 1.30 bits per heavy atom. The second kappa shape index (κ2) is 4.96. The predicted octanol–water partition coefficient (Wildman–Crippen LogP) is 4.07. The van der Waals surface area contributed by atoms with Crippen molar-refractivity contribution < 1.29 is 8.78 Å². The van der Waals surface area contributed by atoms with E-state index in [2.05, 4.69) is 9.97 Å². The highest BCUT2D eigenvalue weighted by atomic mass is 35.5. The minimum Gasteiger partial charge on any atom is -0.329 e. The van der Waals surface area contributed by atoms with E-state index >= 15 is 0 Å². The van der Waals surface area contributed by atoms with Crippen molar-refractivity contribution in [3.05, 3.63) is 57.5 Å². The first-order valence-electron chi connectivity index (χ1n) is 5.72. The third-order valence-electron chi connectivity index (χ3n) is 2.92. The molecule has 3 aromatic rings. The van der Waals surface area contributed by atoms with Crippen LogP contribution in [-0.4, -0.2) is 14.5 Å². The predicted molar refractivity (Wildman–Crippen MR) is 75.4 cm³/mol. The maximum absolute atomic E-state index is 13.7. The van der Waals surface area contributed by atoms with Crippen molar-refractivity contribution in [1.29, 1.82) is 0 Å². The molecule has 0 aliphatic heterocycles. The lowest BCUT2D eigenvalue weighted by Gasteiger charge is -2.05. The van der Waals surface area contributed by atoms with Gasteiger partial charge in [-0.25, -0.2) is 13.8 Å². The largest absolute Gasteiger partial charge is 0.329 e. The molecule has 0 bridgehead atoms. The van der Waals surface area contributed by atoms with Crippen molar-refractivity contribution in [2.75, 3.05) is 0 Å². The Bertz CT molecular complexity index is 856. The van der Waals surface area contributed by atoms with E-state index in [4.69, 9.17) is 23.8 Å². The summed E-state index contributed by atoms with van der Waals surface area (Å²) in [6.07, 6.45) is 1.49. The Kier molecular flexibility index (Phi) is 3.27. The molecule has 0 saturated carbocycles. The summed E-state index contributed by atoms with van der Waals surface area (Å²) in [6, 6.07) is 5.14. The van der Waals surface area contributed by atoms with Gasteiger partial charge in [0.2, 0.25) is 0 Å². The molecule has 7 heteroatoms. The molecule has 0 spiro atoms. The first-order valence-corrected chi connectivity index (χ1v) is 6.51. The summed E-state index contributed by atoms with van der Waals surface area (Å²) < 4.78 is 28.6. The molecular formula is C13H8ClF2N3S. The Balaban J connectivity index is 2.11. The van der Waals surface area contributed by atoms with Gasteiger partial charge in [-0.15, -0.1) is 0 Å². The zero-order chi connectivity index (χ0) is 14.3. The van der Waals surface area contributed by atoms with Crippen LogP contribution >= 0.6 is 23.8 Å². The highest BCUT2D eigenvalue weighted by Crippen LogP contribution is 2.19. The highest BCUT2D eigenvalue weighted by molar-refractivity contribution is 7.71. The Labute approximate surface area is 122 Å². The van der Waals surface area contributed by atoms with Gasteiger partial charge in [-0.05, 0) is 24.4 Å². The molecule has 0 radical (unpaired) electrons. The van der Waals surface area contributed by atoms with E-state index in [-0.39, 0.29) is 6.54 Å². The van der Waals surface area contributed by atoms with Crippen LogP contribution in [0, 0.1) is 16.4 Å². The number of aromatic amines is 1. The highest BCUT2D eigenvalue weighted by Gasteiger charge is 2.10. The molecule has 1 N–H and O–H groups in total. The van der Waals surface area contributed by atoms with E-state index in [1.54, 1.807) is 10.6 Å². The van der Waals surface area contributed by atoms with Gasteiger partial charge in [-0.1, -0.05) is 17.7 Å². The quantitative estimate of drug-likeness (QED) is 0.724. The van der Waals surface area contributed by atoms with Crippen LogP contribution in [0.15, 0.2) is 30.5 Å². The van der Waals surface area contributed by atoms with Gasteiger partial charge >= 0.3 is 0 Å². The number of aromatic nitrogens is 3. The Morgan fingerprint density at radius 2 is 2.10 bits per heavy atom. The van der Waals surface area contributed by atoms with Gasteiger partial charge in [0.1, 0.15) is 11.6 Å². The summed E-state index contributed by atoms with van der Waals surface area (Å²) in [5, 5.41) is 0.480. The first kappa shape index (κ1) is 13.2. The molecule has 1 aromatic carbocycles. The molecule has 0 amide bonds. The topological polar surface area (TPSA) is 33.6 Å². The number of fused-ring (bicyclic) bond motifs is 1. The van der Waals surface area contributed by atoms with Crippen LogP contribution in [0.2, 0.25) is 5.02 Å². The zero-order valence-corrected chi connectivity index (χ0v) is 11.6. The molecule has 0 saturated heterocycles. The molecule has 0 atom stereocenters. The zero-order valence-electron chi connectivity index (χ0n) is 10.0.